The number of benzene rings is 1. The maximum absolute atomic E-state index is 11.9. The molecule has 0 spiro atoms. The third kappa shape index (κ3) is 2.88. The van der Waals surface area contributed by atoms with Gasteiger partial charge in [0.25, 0.3) is 0 Å². The lowest BCUT2D eigenvalue weighted by atomic mass is 10.2. The number of aryl methyl sites for hydroxylation is 1. The molecule has 1 aromatic carbocycles. The zero-order valence-corrected chi connectivity index (χ0v) is 11.7. The Balaban J connectivity index is 2.43. The summed E-state index contributed by atoms with van der Waals surface area (Å²) < 4.78 is 6.68. The number of aromatic nitrogens is 2. The minimum Gasteiger partial charge on any atom is -0.462 e. The lowest BCUT2D eigenvalue weighted by Crippen LogP contribution is -2.11. The number of ether oxygens (including phenoxy) is 1. The van der Waals surface area contributed by atoms with Crippen molar-refractivity contribution in [3.8, 4) is 5.69 Å². The molecular weight excluding hydrogens is 256 g/mol. The van der Waals surface area contributed by atoms with Crippen LogP contribution in [0.3, 0.4) is 0 Å². The maximum atomic E-state index is 11.9. The third-order valence-corrected chi connectivity index (χ3v) is 2.99. The van der Waals surface area contributed by atoms with Crippen molar-refractivity contribution in [1.29, 1.82) is 0 Å². The predicted molar refractivity (Wildman–Crippen MR) is 75.0 cm³/mol. The Hall–Kier alpha value is -2.14. The summed E-state index contributed by atoms with van der Waals surface area (Å²) in [5.41, 5.74) is 3.07. The second kappa shape index (κ2) is 6.34. The smallest absolute Gasteiger partial charge is 0.341 e. The molecule has 0 radical (unpaired) electrons. The molecule has 0 fully saturated rings. The number of carbonyl (C=O) groups excluding carboxylic acids is 1. The molecule has 2 aromatic rings. The van der Waals surface area contributed by atoms with Crippen LogP contribution < -0.4 is 0 Å². The molecule has 0 unspecified atom stereocenters. The van der Waals surface area contributed by atoms with Gasteiger partial charge >= 0.3 is 5.97 Å². The highest BCUT2D eigenvalue weighted by Crippen LogP contribution is 2.17. The molecule has 0 saturated carbocycles. The first kappa shape index (κ1) is 14.3. The molecule has 5 heteroatoms. The molecule has 1 heterocycles. The van der Waals surface area contributed by atoms with Crippen molar-refractivity contribution in [2.45, 2.75) is 20.3 Å². The number of aliphatic hydroxyl groups is 1. The average molecular weight is 274 g/mol. The molecule has 0 amide bonds. The number of nitrogens with zero attached hydrogens (tertiary/aromatic N) is 2. The van der Waals surface area contributed by atoms with Crippen molar-refractivity contribution in [2.75, 3.05) is 13.2 Å². The summed E-state index contributed by atoms with van der Waals surface area (Å²) in [7, 11) is 0. The zero-order chi connectivity index (χ0) is 14.5. The van der Waals surface area contributed by atoms with Crippen molar-refractivity contribution in [3.05, 3.63) is 47.3 Å². The molecular formula is C15H18N2O3. The molecule has 1 aromatic heterocycles. The molecule has 2 rings (SSSR count). The number of rotatable bonds is 5. The number of hydrogen-bond acceptors (Lipinski definition) is 4. The molecule has 0 bridgehead atoms. The van der Waals surface area contributed by atoms with Crippen molar-refractivity contribution in [1.82, 2.24) is 9.78 Å². The Morgan fingerprint density at radius 1 is 1.35 bits per heavy atom. The number of hydrogen-bond donors (Lipinski definition) is 1. The predicted octanol–water partition coefficient (Wildman–Crippen LogP) is 1.89. The second-order valence-electron chi connectivity index (χ2n) is 4.45. The van der Waals surface area contributed by atoms with E-state index in [1.807, 2.05) is 31.2 Å². The molecule has 1 N–H and O–H groups in total. The topological polar surface area (TPSA) is 64.3 Å². The normalized spacial score (nSPS) is 10.6. The van der Waals surface area contributed by atoms with Crippen LogP contribution in [-0.4, -0.2) is 34.1 Å². The van der Waals surface area contributed by atoms with E-state index in [1.165, 1.54) is 6.20 Å². The molecule has 0 aliphatic carbocycles. The summed E-state index contributed by atoms with van der Waals surface area (Å²) in [6, 6.07) is 7.81. The molecule has 0 aliphatic heterocycles. The van der Waals surface area contributed by atoms with Gasteiger partial charge in [0.2, 0.25) is 0 Å². The lowest BCUT2D eigenvalue weighted by Gasteiger charge is -2.08. The summed E-state index contributed by atoms with van der Waals surface area (Å²) in [6.45, 7) is 4.02. The summed E-state index contributed by atoms with van der Waals surface area (Å²) >= 11 is 0. The van der Waals surface area contributed by atoms with Crippen molar-refractivity contribution in [2.24, 2.45) is 0 Å². The van der Waals surface area contributed by atoms with E-state index in [0.717, 1.165) is 11.3 Å². The summed E-state index contributed by atoms with van der Waals surface area (Å²) in [4.78, 5) is 11.9. The largest absolute Gasteiger partial charge is 0.462 e. The summed E-state index contributed by atoms with van der Waals surface area (Å²) in [5, 5.41) is 13.4. The van der Waals surface area contributed by atoms with Crippen molar-refractivity contribution in [3.63, 3.8) is 0 Å². The van der Waals surface area contributed by atoms with Crippen molar-refractivity contribution >= 4 is 5.97 Å². The van der Waals surface area contributed by atoms with Crippen LogP contribution in [0.15, 0.2) is 30.5 Å². The first-order valence-electron chi connectivity index (χ1n) is 6.59. The number of carbonyl (C=O) groups is 1. The summed E-state index contributed by atoms with van der Waals surface area (Å²) in [5.74, 6) is -0.408. The van der Waals surface area contributed by atoms with E-state index in [0.29, 0.717) is 24.3 Å². The third-order valence-electron chi connectivity index (χ3n) is 2.99. The number of esters is 1. The average Bonchev–Trinajstić information content (AvgIpc) is 2.84. The van der Waals surface area contributed by atoms with Gasteiger partial charge in [0, 0.05) is 13.0 Å². The highest BCUT2D eigenvalue weighted by Gasteiger charge is 2.18. The van der Waals surface area contributed by atoms with Crippen molar-refractivity contribution < 1.29 is 14.6 Å². The van der Waals surface area contributed by atoms with Crippen LogP contribution in [0, 0.1) is 6.92 Å². The van der Waals surface area contributed by atoms with Gasteiger partial charge in [0.05, 0.1) is 24.2 Å². The van der Waals surface area contributed by atoms with Gasteiger partial charge in [-0.3, -0.25) is 0 Å². The van der Waals surface area contributed by atoms with Crippen LogP contribution in [0.4, 0.5) is 0 Å². The van der Waals surface area contributed by atoms with Crippen LogP contribution in [0.1, 0.15) is 28.5 Å². The fourth-order valence-electron chi connectivity index (χ4n) is 2.01. The van der Waals surface area contributed by atoms with E-state index in [2.05, 4.69) is 5.10 Å². The Kier molecular flexibility index (Phi) is 4.53. The first-order valence-corrected chi connectivity index (χ1v) is 6.59. The Labute approximate surface area is 117 Å². The molecule has 5 nitrogen and oxygen atoms in total. The van der Waals surface area contributed by atoms with Gasteiger partial charge < -0.3 is 9.84 Å². The minimum absolute atomic E-state index is 0.0516. The van der Waals surface area contributed by atoms with Gasteiger partial charge in [-0.25, -0.2) is 9.48 Å². The first-order chi connectivity index (χ1) is 9.67. The van der Waals surface area contributed by atoms with Crippen LogP contribution in [0.25, 0.3) is 5.69 Å². The fourth-order valence-corrected chi connectivity index (χ4v) is 2.01. The van der Waals surface area contributed by atoms with E-state index < -0.39 is 5.97 Å². The second-order valence-corrected chi connectivity index (χ2v) is 4.45. The van der Waals surface area contributed by atoms with E-state index in [-0.39, 0.29) is 6.61 Å². The number of aliphatic hydroxyl groups excluding tert-OH is 1. The highest BCUT2D eigenvalue weighted by atomic mass is 16.5. The Bertz CT molecular complexity index is 588. The van der Waals surface area contributed by atoms with Gasteiger partial charge in [0.1, 0.15) is 5.56 Å². The van der Waals surface area contributed by atoms with Crippen LogP contribution >= 0.6 is 0 Å². The van der Waals surface area contributed by atoms with E-state index in [1.54, 1.807) is 11.6 Å². The molecule has 20 heavy (non-hydrogen) atoms. The Morgan fingerprint density at radius 3 is 2.65 bits per heavy atom. The lowest BCUT2D eigenvalue weighted by molar-refractivity contribution is 0.0525. The highest BCUT2D eigenvalue weighted by molar-refractivity contribution is 5.90. The van der Waals surface area contributed by atoms with E-state index in [4.69, 9.17) is 4.74 Å². The SMILES string of the molecule is CCOC(=O)c1cnn(-c2ccc(C)cc2)c1CCO. The van der Waals surface area contributed by atoms with E-state index >= 15 is 0 Å². The van der Waals surface area contributed by atoms with Gasteiger partial charge in [-0.05, 0) is 26.0 Å². The van der Waals surface area contributed by atoms with Crippen LogP contribution in [0.2, 0.25) is 0 Å². The van der Waals surface area contributed by atoms with E-state index in [9.17, 15) is 9.90 Å². The maximum Gasteiger partial charge on any atom is 0.341 e. The van der Waals surface area contributed by atoms with Gasteiger partial charge in [-0.1, -0.05) is 17.7 Å². The van der Waals surface area contributed by atoms with Gasteiger partial charge in [0.15, 0.2) is 0 Å². The molecule has 0 atom stereocenters. The fraction of sp³-hybridized carbons (Fsp3) is 0.333. The van der Waals surface area contributed by atoms with Gasteiger partial charge in [-0.15, -0.1) is 0 Å². The Morgan fingerprint density at radius 2 is 2.05 bits per heavy atom. The van der Waals surface area contributed by atoms with Gasteiger partial charge in [-0.2, -0.15) is 5.10 Å². The molecule has 0 aliphatic rings. The minimum atomic E-state index is -0.408. The molecule has 106 valence electrons. The summed E-state index contributed by atoms with van der Waals surface area (Å²) in [6.07, 6.45) is 1.84. The quantitative estimate of drug-likeness (QED) is 0.846. The zero-order valence-electron chi connectivity index (χ0n) is 11.7. The van der Waals surface area contributed by atoms with Crippen LogP contribution in [0.5, 0.6) is 0 Å². The standard InChI is InChI=1S/C15H18N2O3/c1-3-20-15(19)13-10-16-17(14(13)8-9-18)12-6-4-11(2)5-7-12/h4-7,10,18H,3,8-9H2,1-2H3. The van der Waals surface area contributed by atoms with Crippen LogP contribution in [-0.2, 0) is 11.2 Å². The monoisotopic (exact) mass is 274 g/mol. The molecule has 0 saturated heterocycles.